The number of aryl methyl sites for hydroxylation is 3. The van der Waals surface area contributed by atoms with E-state index in [1.807, 2.05) is 63.2 Å². The van der Waals surface area contributed by atoms with E-state index in [1.165, 1.54) is 0 Å². The SMILES string of the molecule is Cc1ccc(C(=O)C(C#N)c2ccccc2C)c(C)c1. The van der Waals surface area contributed by atoms with Crippen LogP contribution in [-0.2, 0) is 0 Å². The fourth-order valence-electron chi connectivity index (χ4n) is 2.43. The molecule has 0 amide bonds. The van der Waals surface area contributed by atoms with Crippen molar-refractivity contribution in [3.8, 4) is 6.07 Å². The summed E-state index contributed by atoms with van der Waals surface area (Å²) in [5.41, 5.74) is 4.43. The van der Waals surface area contributed by atoms with Gasteiger partial charge in [0.15, 0.2) is 5.78 Å². The van der Waals surface area contributed by atoms with Crippen LogP contribution in [0.5, 0.6) is 0 Å². The maximum atomic E-state index is 12.6. The van der Waals surface area contributed by atoms with E-state index in [4.69, 9.17) is 0 Å². The quantitative estimate of drug-likeness (QED) is 0.782. The highest BCUT2D eigenvalue weighted by atomic mass is 16.1. The Balaban J connectivity index is 2.45. The van der Waals surface area contributed by atoms with E-state index >= 15 is 0 Å². The lowest BCUT2D eigenvalue weighted by Crippen LogP contribution is -2.13. The molecule has 1 unspecified atom stereocenters. The second-order valence-electron chi connectivity index (χ2n) is 5.10. The van der Waals surface area contributed by atoms with Crippen LogP contribution in [0.15, 0.2) is 42.5 Å². The first-order valence-electron chi connectivity index (χ1n) is 6.61. The molecule has 0 aliphatic rings. The second-order valence-corrected chi connectivity index (χ2v) is 5.10. The zero-order valence-electron chi connectivity index (χ0n) is 12.0. The summed E-state index contributed by atoms with van der Waals surface area (Å²) < 4.78 is 0. The molecule has 0 aliphatic heterocycles. The van der Waals surface area contributed by atoms with Crippen LogP contribution in [0, 0.1) is 32.1 Å². The molecule has 0 saturated carbocycles. The number of nitriles is 1. The number of carbonyl (C=O) groups is 1. The van der Waals surface area contributed by atoms with Gasteiger partial charge in [-0.15, -0.1) is 0 Å². The summed E-state index contributed by atoms with van der Waals surface area (Å²) in [5.74, 6) is -0.864. The van der Waals surface area contributed by atoms with Gasteiger partial charge >= 0.3 is 0 Å². The Hall–Kier alpha value is -2.40. The monoisotopic (exact) mass is 263 g/mol. The highest BCUT2D eigenvalue weighted by Crippen LogP contribution is 2.25. The number of benzene rings is 2. The molecule has 2 nitrogen and oxygen atoms in total. The molecule has 0 heterocycles. The minimum Gasteiger partial charge on any atom is -0.292 e. The highest BCUT2D eigenvalue weighted by Gasteiger charge is 2.24. The summed E-state index contributed by atoms with van der Waals surface area (Å²) in [6.07, 6.45) is 0. The predicted molar refractivity (Wildman–Crippen MR) is 79.8 cm³/mol. The molecule has 100 valence electrons. The van der Waals surface area contributed by atoms with Gasteiger partial charge in [0.25, 0.3) is 0 Å². The normalized spacial score (nSPS) is 11.7. The van der Waals surface area contributed by atoms with Gasteiger partial charge in [-0.25, -0.2) is 0 Å². The molecule has 0 aromatic heterocycles. The molecule has 0 aliphatic carbocycles. The van der Waals surface area contributed by atoms with Crippen molar-refractivity contribution in [2.45, 2.75) is 26.7 Å². The fourth-order valence-corrected chi connectivity index (χ4v) is 2.43. The lowest BCUT2D eigenvalue weighted by atomic mass is 9.87. The van der Waals surface area contributed by atoms with Gasteiger partial charge in [0.05, 0.1) is 6.07 Å². The lowest BCUT2D eigenvalue weighted by molar-refractivity contribution is 0.0978. The maximum Gasteiger partial charge on any atom is 0.184 e. The average molecular weight is 263 g/mol. The van der Waals surface area contributed by atoms with Crippen molar-refractivity contribution in [2.24, 2.45) is 0 Å². The maximum absolute atomic E-state index is 12.6. The number of Topliss-reactive ketones (excluding diaryl/α,β-unsaturated/α-hetero) is 1. The number of rotatable bonds is 3. The van der Waals surface area contributed by atoms with Crippen LogP contribution in [0.4, 0.5) is 0 Å². The Kier molecular flexibility index (Phi) is 4.00. The number of nitrogens with zero attached hydrogens (tertiary/aromatic N) is 1. The predicted octanol–water partition coefficient (Wildman–Crippen LogP) is 4.10. The molecule has 2 rings (SSSR count). The average Bonchev–Trinajstić information content (AvgIpc) is 2.41. The Morgan fingerprint density at radius 3 is 2.35 bits per heavy atom. The van der Waals surface area contributed by atoms with Crippen molar-refractivity contribution >= 4 is 5.78 Å². The van der Waals surface area contributed by atoms with Crippen LogP contribution in [0.3, 0.4) is 0 Å². The highest BCUT2D eigenvalue weighted by molar-refractivity contribution is 6.04. The van der Waals surface area contributed by atoms with E-state index in [0.717, 1.165) is 22.3 Å². The third-order valence-electron chi connectivity index (χ3n) is 3.54. The minimum atomic E-state index is -0.738. The Bertz CT molecular complexity index is 695. The van der Waals surface area contributed by atoms with E-state index in [1.54, 1.807) is 0 Å². The van der Waals surface area contributed by atoms with Gasteiger partial charge < -0.3 is 0 Å². The van der Waals surface area contributed by atoms with E-state index in [0.29, 0.717) is 5.56 Å². The summed E-state index contributed by atoms with van der Waals surface area (Å²) in [7, 11) is 0. The summed E-state index contributed by atoms with van der Waals surface area (Å²) in [5, 5.41) is 9.41. The summed E-state index contributed by atoms with van der Waals surface area (Å²) in [6, 6.07) is 15.4. The lowest BCUT2D eigenvalue weighted by Gasteiger charge is -2.13. The molecule has 2 aromatic rings. The van der Waals surface area contributed by atoms with Crippen molar-refractivity contribution in [2.75, 3.05) is 0 Å². The van der Waals surface area contributed by atoms with Crippen molar-refractivity contribution in [1.82, 2.24) is 0 Å². The van der Waals surface area contributed by atoms with E-state index < -0.39 is 5.92 Å². The summed E-state index contributed by atoms with van der Waals surface area (Å²) in [6.45, 7) is 5.83. The number of hydrogen-bond acceptors (Lipinski definition) is 2. The summed E-state index contributed by atoms with van der Waals surface area (Å²) >= 11 is 0. The molecule has 0 fully saturated rings. The Morgan fingerprint density at radius 2 is 1.75 bits per heavy atom. The molecule has 0 bridgehead atoms. The smallest absolute Gasteiger partial charge is 0.184 e. The molecule has 0 spiro atoms. The van der Waals surface area contributed by atoms with Gasteiger partial charge in [0, 0.05) is 5.56 Å². The third kappa shape index (κ3) is 2.62. The first-order chi connectivity index (χ1) is 9.54. The van der Waals surface area contributed by atoms with Crippen LogP contribution >= 0.6 is 0 Å². The number of ketones is 1. The molecular formula is C18H17NO. The zero-order chi connectivity index (χ0) is 14.7. The molecule has 2 heteroatoms. The van der Waals surface area contributed by atoms with Gasteiger partial charge in [-0.1, -0.05) is 48.0 Å². The molecule has 0 N–H and O–H groups in total. The molecule has 1 atom stereocenters. The van der Waals surface area contributed by atoms with Gasteiger partial charge in [0.2, 0.25) is 0 Å². The molecule has 0 radical (unpaired) electrons. The molecule has 20 heavy (non-hydrogen) atoms. The second kappa shape index (κ2) is 5.71. The Labute approximate surface area is 119 Å². The van der Waals surface area contributed by atoms with E-state index in [-0.39, 0.29) is 5.78 Å². The first kappa shape index (κ1) is 14.0. The third-order valence-corrected chi connectivity index (χ3v) is 3.54. The van der Waals surface area contributed by atoms with Crippen LogP contribution in [0.2, 0.25) is 0 Å². The van der Waals surface area contributed by atoms with E-state index in [2.05, 4.69) is 6.07 Å². The topological polar surface area (TPSA) is 40.9 Å². The molecular weight excluding hydrogens is 246 g/mol. The van der Waals surface area contributed by atoms with Crippen molar-refractivity contribution in [3.05, 3.63) is 70.3 Å². The standard InChI is InChI=1S/C18H17NO/c1-12-8-9-16(14(3)10-12)18(20)17(11-19)15-7-5-4-6-13(15)2/h4-10,17H,1-3H3. The van der Waals surface area contributed by atoms with Gasteiger partial charge in [-0.3, -0.25) is 4.79 Å². The number of carbonyl (C=O) groups excluding carboxylic acids is 1. The van der Waals surface area contributed by atoms with Crippen molar-refractivity contribution in [3.63, 3.8) is 0 Å². The number of hydrogen-bond donors (Lipinski definition) is 0. The van der Waals surface area contributed by atoms with Crippen molar-refractivity contribution < 1.29 is 4.79 Å². The van der Waals surface area contributed by atoms with Crippen LogP contribution in [0.1, 0.15) is 38.5 Å². The fraction of sp³-hybridized carbons (Fsp3) is 0.222. The van der Waals surface area contributed by atoms with Crippen LogP contribution in [-0.4, -0.2) is 5.78 Å². The van der Waals surface area contributed by atoms with E-state index in [9.17, 15) is 10.1 Å². The van der Waals surface area contributed by atoms with Crippen LogP contribution < -0.4 is 0 Å². The Morgan fingerprint density at radius 1 is 1.05 bits per heavy atom. The van der Waals surface area contributed by atoms with Gasteiger partial charge in [-0.05, 0) is 37.5 Å². The minimum absolute atomic E-state index is 0.126. The molecule has 0 saturated heterocycles. The zero-order valence-corrected chi connectivity index (χ0v) is 12.0. The first-order valence-corrected chi connectivity index (χ1v) is 6.61. The van der Waals surface area contributed by atoms with Gasteiger partial charge in [-0.2, -0.15) is 5.26 Å². The summed E-state index contributed by atoms with van der Waals surface area (Å²) in [4.78, 5) is 12.6. The largest absolute Gasteiger partial charge is 0.292 e. The van der Waals surface area contributed by atoms with Gasteiger partial charge in [0.1, 0.15) is 5.92 Å². The van der Waals surface area contributed by atoms with Crippen LogP contribution in [0.25, 0.3) is 0 Å². The molecule has 2 aromatic carbocycles. The van der Waals surface area contributed by atoms with Crippen molar-refractivity contribution in [1.29, 1.82) is 5.26 Å².